The van der Waals surface area contributed by atoms with E-state index in [0.29, 0.717) is 35.2 Å². The van der Waals surface area contributed by atoms with Crippen LogP contribution in [-0.2, 0) is 11.0 Å². The third-order valence-electron chi connectivity index (χ3n) is 5.14. The SMILES string of the molecule is O=C(C#Cc1ccn[nH]1)Nc1cc(-c2ncc(C(F)(F)F)[nH]2)ccc1OCC1CCCC1. The van der Waals surface area contributed by atoms with Gasteiger partial charge < -0.3 is 15.0 Å². The van der Waals surface area contributed by atoms with Crippen LogP contribution in [0, 0.1) is 17.8 Å². The molecular weight excluding hydrogens is 423 g/mol. The Bertz CT molecular complexity index is 1140. The van der Waals surface area contributed by atoms with E-state index in [1.807, 2.05) is 0 Å². The van der Waals surface area contributed by atoms with Crippen LogP contribution >= 0.6 is 0 Å². The van der Waals surface area contributed by atoms with Crippen LogP contribution in [0.2, 0.25) is 0 Å². The third-order valence-corrected chi connectivity index (χ3v) is 5.14. The normalized spacial score (nSPS) is 14.1. The first-order valence-corrected chi connectivity index (χ1v) is 10.1. The maximum Gasteiger partial charge on any atom is 0.432 e. The van der Waals surface area contributed by atoms with Crippen molar-refractivity contribution >= 4 is 11.6 Å². The lowest BCUT2D eigenvalue weighted by molar-refractivity contribution is -0.140. The number of nitrogens with one attached hydrogen (secondary N) is 3. The van der Waals surface area contributed by atoms with Gasteiger partial charge in [-0.3, -0.25) is 9.89 Å². The number of ether oxygens (including phenoxy) is 1. The fourth-order valence-corrected chi connectivity index (χ4v) is 3.50. The molecule has 0 aliphatic heterocycles. The highest BCUT2D eigenvalue weighted by atomic mass is 19.4. The van der Waals surface area contributed by atoms with Crippen LogP contribution in [0.4, 0.5) is 18.9 Å². The van der Waals surface area contributed by atoms with Crippen molar-refractivity contribution in [3.63, 3.8) is 0 Å². The standard InChI is InChI=1S/C22H20F3N5O2/c23-22(24,25)19-12-26-21(29-19)15-5-7-18(32-13-14-3-1-2-4-14)17(11-15)28-20(31)8-6-16-9-10-27-30-16/h5,7,9-12,14H,1-4,13H2,(H,26,29)(H,27,30)(H,28,31). The van der Waals surface area contributed by atoms with E-state index < -0.39 is 17.8 Å². The number of benzene rings is 1. The summed E-state index contributed by atoms with van der Waals surface area (Å²) in [7, 11) is 0. The Morgan fingerprint density at radius 1 is 1.25 bits per heavy atom. The first-order valence-electron chi connectivity index (χ1n) is 10.1. The zero-order valence-electron chi connectivity index (χ0n) is 16.9. The topological polar surface area (TPSA) is 95.7 Å². The number of H-pyrrole nitrogens is 2. The Kier molecular flexibility index (Phi) is 6.16. The number of aromatic nitrogens is 4. The lowest BCUT2D eigenvalue weighted by Crippen LogP contribution is -2.13. The summed E-state index contributed by atoms with van der Waals surface area (Å²) >= 11 is 0. The molecule has 10 heteroatoms. The van der Waals surface area contributed by atoms with Crippen LogP contribution in [0.15, 0.2) is 36.7 Å². The maximum atomic E-state index is 12.9. The summed E-state index contributed by atoms with van der Waals surface area (Å²) in [6.07, 6.45) is 2.21. The highest BCUT2D eigenvalue weighted by Gasteiger charge is 2.33. The van der Waals surface area contributed by atoms with Gasteiger partial charge in [-0.1, -0.05) is 12.8 Å². The Balaban J connectivity index is 1.57. The quantitative estimate of drug-likeness (QED) is 0.510. The fourth-order valence-electron chi connectivity index (χ4n) is 3.50. The molecule has 1 aromatic carbocycles. The van der Waals surface area contributed by atoms with Crippen molar-refractivity contribution in [2.75, 3.05) is 11.9 Å². The number of imidazole rings is 1. The van der Waals surface area contributed by atoms with Gasteiger partial charge in [-0.2, -0.15) is 18.3 Å². The summed E-state index contributed by atoms with van der Waals surface area (Å²) in [5.41, 5.74) is 0.187. The molecule has 7 nitrogen and oxygen atoms in total. The maximum absolute atomic E-state index is 12.9. The van der Waals surface area contributed by atoms with Crippen LogP contribution in [0.3, 0.4) is 0 Å². The fraction of sp³-hybridized carbons (Fsp3) is 0.318. The second-order valence-electron chi connectivity index (χ2n) is 7.49. The van der Waals surface area contributed by atoms with E-state index in [1.165, 1.54) is 25.1 Å². The van der Waals surface area contributed by atoms with E-state index >= 15 is 0 Å². The summed E-state index contributed by atoms with van der Waals surface area (Å²) in [6.45, 7) is 0.501. The number of carbonyl (C=O) groups is 1. The van der Waals surface area contributed by atoms with Crippen molar-refractivity contribution in [2.45, 2.75) is 31.9 Å². The number of hydrogen-bond donors (Lipinski definition) is 3. The Hall–Kier alpha value is -3.74. The van der Waals surface area contributed by atoms with Gasteiger partial charge in [-0.25, -0.2) is 4.98 Å². The predicted molar refractivity (Wildman–Crippen MR) is 111 cm³/mol. The second-order valence-corrected chi connectivity index (χ2v) is 7.49. The van der Waals surface area contributed by atoms with Crippen molar-refractivity contribution in [3.8, 4) is 29.0 Å². The number of alkyl halides is 3. The molecule has 3 N–H and O–H groups in total. The molecule has 1 aliphatic rings. The van der Waals surface area contributed by atoms with E-state index in [4.69, 9.17) is 4.74 Å². The molecule has 32 heavy (non-hydrogen) atoms. The lowest BCUT2D eigenvalue weighted by atomic mass is 10.1. The van der Waals surface area contributed by atoms with Crippen molar-refractivity contribution in [2.24, 2.45) is 5.92 Å². The molecule has 2 heterocycles. The summed E-state index contributed by atoms with van der Waals surface area (Å²) in [6, 6.07) is 6.33. The van der Waals surface area contributed by atoms with Gasteiger partial charge in [0.25, 0.3) is 0 Å². The molecule has 1 amide bonds. The van der Waals surface area contributed by atoms with Crippen LogP contribution in [0.5, 0.6) is 5.75 Å². The molecule has 2 aromatic heterocycles. The molecule has 166 valence electrons. The lowest BCUT2D eigenvalue weighted by Gasteiger charge is -2.15. The van der Waals surface area contributed by atoms with Gasteiger partial charge in [0.05, 0.1) is 18.5 Å². The summed E-state index contributed by atoms with van der Waals surface area (Å²) in [5, 5.41) is 9.05. The minimum absolute atomic E-state index is 0.0266. The van der Waals surface area contributed by atoms with Crippen molar-refractivity contribution in [1.82, 2.24) is 20.2 Å². The molecule has 4 rings (SSSR count). The molecule has 3 aromatic rings. The Labute approximate surface area is 181 Å². The van der Waals surface area contributed by atoms with E-state index in [2.05, 4.69) is 37.3 Å². The zero-order chi connectivity index (χ0) is 22.6. The predicted octanol–water partition coefficient (Wildman–Crippen LogP) is 4.38. The average molecular weight is 443 g/mol. The van der Waals surface area contributed by atoms with Gasteiger partial charge in [-0.15, -0.1) is 0 Å². The summed E-state index contributed by atoms with van der Waals surface area (Å²) < 4.78 is 44.7. The summed E-state index contributed by atoms with van der Waals surface area (Å²) in [5.74, 6) is 5.37. The number of anilines is 1. The van der Waals surface area contributed by atoms with Crippen LogP contribution in [0.25, 0.3) is 11.4 Å². The van der Waals surface area contributed by atoms with Crippen LogP contribution in [0.1, 0.15) is 37.1 Å². The van der Waals surface area contributed by atoms with Gasteiger partial charge in [0, 0.05) is 17.7 Å². The first-order chi connectivity index (χ1) is 15.4. The Morgan fingerprint density at radius 2 is 2.06 bits per heavy atom. The minimum atomic E-state index is -4.53. The number of halogens is 3. The van der Waals surface area contributed by atoms with Crippen LogP contribution in [-0.4, -0.2) is 32.7 Å². The van der Waals surface area contributed by atoms with E-state index in [-0.39, 0.29) is 5.82 Å². The van der Waals surface area contributed by atoms with Crippen molar-refractivity contribution in [1.29, 1.82) is 0 Å². The second kappa shape index (κ2) is 9.18. The number of nitrogens with zero attached hydrogens (tertiary/aromatic N) is 2. The average Bonchev–Trinajstić information content (AvgIpc) is 3.53. The molecule has 0 radical (unpaired) electrons. The van der Waals surface area contributed by atoms with E-state index in [1.54, 1.807) is 18.2 Å². The number of carbonyl (C=O) groups excluding carboxylic acids is 1. The first kappa shape index (κ1) is 21.5. The van der Waals surface area contributed by atoms with Crippen molar-refractivity contribution < 1.29 is 22.7 Å². The number of rotatable bonds is 5. The van der Waals surface area contributed by atoms with E-state index in [9.17, 15) is 18.0 Å². The number of hydrogen-bond acceptors (Lipinski definition) is 4. The monoisotopic (exact) mass is 443 g/mol. The smallest absolute Gasteiger partial charge is 0.432 e. The molecule has 1 fully saturated rings. The van der Waals surface area contributed by atoms with Gasteiger partial charge in [-0.05, 0) is 48.9 Å². The van der Waals surface area contributed by atoms with Gasteiger partial charge >= 0.3 is 12.1 Å². The zero-order valence-corrected chi connectivity index (χ0v) is 16.9. The van der Waals surface area contributed by atoms with Gasteiger partial charge in [0.1, 0.15) is 23.0 Å². The number of amides is 1. The molecule has 0 spiro atoms. The Morgan fingerprint density at radius 3 is 2.75 bits per heavy atom. The highest BCUT2D eigenvalue weighted by Crippen LogP contribution is 2.34. The molecule has 0 saturated heterocycles. The molecular formula is C22H20F3N5O2. The van der Waals surface area contributed by atoms with Gasteiger partial charge in [0.2, 0.25) is 0 Å². The van der Waals surface area contributed by atoms with E-state index in [0.717, 1.165) is 19.0 Å². The molecule has 1 aliphatic carbocycles. The van der Waals surface area contributed by atoms with Crippen LogP contribution < -0.4 is 10.1 Å². The molecule has 1 saturated carbocycles. The highest BCUT2D eigenvalue weighted by molar-refractivity contribution is 6.05. The molecule has 0 atom stereocenters. The molecule has 0 unspecified atom stereocenters. The summed E-state index contributed by atoms with van der Waals surface area (Å²) in [4.78, 5) is 18.4. The number of aromatic amines is 2. The van der Waals surface area contributed by atoms with Gasteiger partial charge in [0.15, 0.2) is 0 Å². The molecule has 0 bridgehead atoms. The minimum Gasteiger partial charge on any atom is -0.491 e. The van der Waals surface area contributed by atoms with Crippen molar-refractivity contribution in [3.05, 3.63) is 48.0 Å². The third kappa shape index (κ3) is 5.29. The largest absolute Gasteiger partial charge is 0.491 e.